The van der Waals surface area contributed by atoms with Crippen LogP contribution in [0, 0.1) is 0 Å². The zero-order chi connectivity index (χ0) is 13.1. The van der Waals surface area contributed by atoms with E-state index in [4.69, 9.17) is 0 Å². The van der Waals surface area contributed by atoms with Crippen LogP contribution in [0.3, 0.4) is 0 Å². The Labute approximate surface area is 107 Å². The van der Waals surface area contributed by atoms with Crippen LogP contribution in [0.4, 0.5) is 5.95 Å². The van der Waals surface area contributed by atoms with Crippen molar-refractivity contribution in [2.45, 2.75) is 26.5 Å². The number of allylic oxidation sites excluding steroid dienone is 1. The van der Waals surface area contributed by atoms with E-state index in [1.165, 1.54) is 0 Å². The van der Waals surface area contributed by atoms with Crippen molar-refractivity contribution in [3.63, 3.8) is 0 Å². The molecule has 1 heterocycles. The maximum absolute atomic E-state index is 9.34. The molecule has 1 aromatic carbocycles. The zero-order valence-electron chi connectivity index (χ0n) is 10.8. The van der Waals surface area contributed by atoms with Crippen LogP contribution < -0.4 is 5.32 Å². The highest BCUT2D eigenvalue weighted by molar-refractivity contribution is 5.78. The fourth-order valence-corrected chi connectivity index (χ4v) is 1.88. The second-order valence-electron chi connectivity index (χ2n) is 4.70. The molecular formula is C14H19N3O. The van der Waals surface area contributed by atoms with E-state index in [9.17, 15) is 5.11 Å². The number of imidazole rings is 1. The van der Waals surface area contributed by atoms with Crippen molar-refractivity contribution in [3.8, 4) is 0 Å². The lowest BCUT2D eigenvalue weighted by Crippen LogP contribution is -2.18. The standard InChI is InChI=1S/C14H19N3O/c1-10(2)9-17-13-7-5-4-6-12(13)16-14(17)15-8-11(3)18/h4-7,11,18H,1,8-9H2,2-3H3,(H,15,16). The molecule has 0 fully saturated rings. The SMILES string of the molecule is C=C(C)Cn1c(NCC(C)O)nc2ccccc21. The molecule has 0 saturated carbocycles. The molecule has 0 aliphatic rings. The summed E-state index contributed by atoms with van der Waals surface area (Å²) in [5.74, 6) is 0.778. The van der Waals surface area contributed by atoms with Crippen LogP contribution in [0.25, 0.3) is 11.0 Å². The third kappa shape index (κ3) is 2.71. The summed E-state index contributed by atoms with van der Waals surface area (Å²) in [5.41, 5.74) is 3.10. The van der Waals surface area contributed by atoms with E-state index < -0.39 is 6.10 Å². The highest BCUT2D eigenvalue weighted by Gasteiger charge is 2.10. The lowest BCUT2D eigenvalue weighted by Gasteiger charge is -2.11. The predicted octanol–water partition coefficient (Wildman–Crippen LogP) is 2.41. The first-order chi connectivity index (χ1) is 8.58. The van der Waals surface area contributed by atoms with Crippen molar-refractivity contribution >= 4 is 17.0 Å². The number of anilines is 1. The van der Waals surface area contributed by atoms with Gasteiger partial charge in [-0.15, -0.1) is 0 Å². The van der Waals surface area contributed by atoms with Gasteiger partial charge in [-0.2, -0.15) is 0 Å². The van der Waals surface area contributed by atoms with Crippen LogP contribution in [0.15, 0.2) is 36.4 Å². The number of hydrogen-bond acceptors (Lipinski definition) is 3. The molecule has 1 atom stereocenters. The smallest absolute Gasteiger partial charge is 0.204 e. The summed E-state index contributed by atoms with van der Waals surface area (Å²) >= 11 is 0. The van der Waals surface area contributed by atoms with Gasteiger partial charge in [0.15, 0.2) is 0 Å². The summed E-state index contributed by atoms with van der Waals surface area (Å²) in [6.45, 7) is 8.90. The fraction of sp³-hybridized carbons (Fsp3) is 0.357. The number of para-hydroxylation sites is 2. The number of aliphatic hydroxyl groups excluding tert-OH is 1. The molecule has 0 aliphatic carbocycles. The van der Waals surface area contributed by atoms with E-state index >= 15 is 0 Å². The normalized spacial score (nSPS) is 12.6. The van der Waals surface area contributed by atoms with Gasteiger partial charge in [0, 0.05) is 13.1 Å². The average molecular weight is 245 g/mol. The lowest BCUT2D eigenvalue weighted by atomic mass is 10.3. The minimum absolute atomic E-state index is 0.400. The molecule has 1 unspecified atom stereocenters. The number of aliphatic hydroxyl groups is 1. The maximum Gasteiger partial charge on any atom is 0.204 e. The second-order valence-corrected chi connectivity index (χ2v) is 4.70. The quantitative estimate of drug-likeness (QED) is 0.795. The molecule has 2 aromatic rings. The van der Waals surface area contributed by atoms with Gasteiger partial charge in [0.1, 0.15) is 0 Å². The van der Waals surface area contributed by atoms with E-state index in [-0.39, 0.29) is 0 Å². The molecule has 0 spiro atoms. The van der Waals surface area contributed by atoms with Gasteiger partial charge < -0.3 is 15.0 Å². The van der Waals surface area contributed by atoms with Gasteiger partial charge in [-0.25, -0.2) is 4.98 Å². The summed E-state index contributed by atoms with van der Waals surface area (Å²) < 4.78 is 2.08. The summed E-state index contributed by atoms with van der Waals surface area (Å²) in [4.78, 5) is 4.54. The molecular weight excluding hydrogens is 226 g/mol. The number of hydrogen-bond donors (Lipinski definition) is 2. The van der Waals surface area contributed by atoms with E-state index in [2.05, 4.69) is 21.4 Å². The summed E-state index contributed by atoms with van der Waals surface area (Å²) in [6, 6.07) is 7.99. The number of aromatic nitrogens is 2. The van der Waals surface area contributed by atoms with Gasteiger partial charge in [-0.05, 0) is 26.0 Å². The minimum Gasteiger partial charge on any atom is -0.392 e. The van der Waals surface area contributed by atoms with Crippen molar-refractivity contribution in [2.75, 3.05) is 11.9 Å². The topological polar surface area (TPSA) is 50.1 Å². The molecule has 96 valence electrons. The number of rotatable bonds is 5. The Morgan fingerprint density at radius 2 is 2.22 bits per heavy atom. The van der Waals surface area contributed by atoms with Crippen LogP contribution in [0.1, 0.15) is 13.8 Å². The molecule has 18 heavy (non-hydrogen) atoms. The van der Waals surface area contributed by atoms with Crippen LogP contribution >= 0.6 is 0 Å². The van der Waals surface area contributed by atoms with E-state index in [0.717, 1.165) is 29.1 Å². The lowest BCUT2D eigenvalue weighted by molar-refractivity contribution is 0.208. The number of fused-ring (bicyclic) bond motifs is 1. The van der Waals surface area contributed by atoms with Gasteiger partial charge in [0.2, 0.25) is 5.95 Å². The minimum atomic E-state index is -0.400. The monoisotopic (exact) mass is 245 g/mol. The fourth-order valence-electron chi connectivity index (χ4n) is 1.88. The first-order valence-electron chi connectivity index (χ1n) is 6.09. The van der Waals surface area contributed by atoms with Gasteiger partial charge >= 0.3 is 0 Å². The third-order valence-corrected chi connectivity index (χ3v) is 2.64. The molecule has 0 bridgehead atoms. The number of nitrogens with one attached hydrogen (secondary N) is 1. The highest BCUT2D eigenvalue weighted by atomic mass is 16.3. The van der Waals surface area contributed by atoms with Crippen LogP contribution in [-0.4, -0.2) is 27.3 Å². The zero-order valence-corrected chi connectivity index (χ0v) is 10.8. The number of nitrogens with zero attached hydrogens (tertiary/aromatic N) is 2. The summed E-state index contributed by atoms with van der Waals surface area (Å²) in [7, 11) is 0. The number of benzene rings is 1. The van der Waals surface area contributed by atoms with Crippen LogP contribution in [0.2, 0.25) is 0 Å². The molecule has 2 rings (SSSR count). The molecule has 0 aliphatic heterocycles. The molecule has 0 radical (unpaired) electrons. The summed E-state index contributed by atoms with van der Waals surface area (Å²) in [5, 5.41) is 12.5. The van der Waals surface area contributed by atoms with Crippen molar-refractivity contribution in [2.24, 2.45) is 0 Å². The van der Waals surface area contributed by atoms with Crippen LogP contribution in [-0.2, 0) is 6.54 Å². The largest absolute Gasteiger partial charge is 0.392 e. The Hall–Kier alpha value is -1.81. The maximum atomic E-state index is 9.34. The molecule has 2 N–H and O–H groups in total. The molecule has 4 nitrogen and oxygen atoms in total. The molecule has 0 saturated heterocycles. The first-order valence-corrected chi connectivity index (χ1v) is 6.09. The Morgan fingerprint density at radius 1 is 1.50 bits per heavy atom. The van der Waals surface area contributed by atoms with Crippen molar-refractivity contribution in [1.29, 1.82) is 0 Å². The van der Waals surface area contributed by atoms with Crippen molar-refractivity contribution < 1.29 is 5.11 Å². The third-order valence-electron chi connectivity index (χ3n) is 2.64. The van der Waals surface area contributed by atoms with Gasteiger partial charge in [-0.1, -0.05) is 24.3 Å². The second kappa shape index (κ2) is 5.23. The van der Waals surface area contributed by atoms with Crippen molar-refractivity contribution in [1.82, 2.24) is 9.55 Å². The Bertz CT molecular complexity index is 557. The van der Waals surface area contributed by atoms with E-state index in [1.807, 2.05) is 31.2 Å². The van der Waals surface area contributed by atoms with Gasteiger partial charge in [0.05, 0.1) is 17.1 Å². The Morgan fingerprint density at radius 3 is 2.89 bits per heavy atom. The van der Waals surface area contributed by atoms with Gasteiger partial charge in [0.25, 0.3) is 0 Å². The Balaban J connectivity index is 2.39. The van der Waals surface area contributed by atoms with E-state index in [1.54, 1.807) is 6.92 Å². The molecule has 1 aromatic heterocycles. The Kier molecular flexibility index (Phi) is 3.67. The average Bonchev–Trinajstić information content (AvgIpc) is 2.64. The van der Waals surface area contributed by atoms with Gasteiger partial charge in [-0.3, -0.25) is 0 Å². The van der Waals surface area contributed by atoms with E-state index in [0.29, 0.717) is 6.54 Å². The highest BCUT2D eigenvalue weighted by Crippen LogP contribution is 2.20. The molecule has 4 heteroatoms. The predicted molar refractivity (Wildman–Crippen MR) is 74.7 cm³/mol. The first kappa shape index (κ1) is 12.6. The van der Waals surface area contributed by atoms with Crippen molar-refractivity contribution in [3.05, 3.63) is 36.4 Å². The van der Waals surface area contributed by atoms with Crippen LogP contribution in [0.5, 0.6) is 0 Å². The summed E-state index contributed by atoms with van der Waals surface area (Å²) in [6.07, 6.45) is -0.400. The molecule has 0 amide bonds.